The van der Waals surface area contributed by atoms with Crippen molar-refractivity contribution in [2.24, 2.45) is 5.92 Å². The highest BCUT2D eigenvalue weighted by atomic mass is 15.3. The van der Waals surface area contributed by atoms with Crippen molar-refractivity contribution in [1.82, 2.24) is 19.8 Å². The Morgan fingerprint density at radius 2 is 2.05 bits per heavy atom. The van der Waals surface area contributed by atoms with Gasteiger partial charge in [-0.1, -0.05) is 0 Å². The van der Waals surface area contributed by atoms with Crippen molar-refractivity contribution in [3.63, 3.8) is 0 Å². The van der Waals surface area contributed by atoms with Gasteiger partial charge in [0.05, 0.1) is 11.4 Å². The molecule has 0 aromatic carbocycles. The minimum absolute atomic E-state index is 0.715. The first-order valence-corrected chi connectivity index (χ1v) is 8.01. The minimum Gasteiger partial charge on any atom is -0.304 e. The smallest absolute Gasteiger partial charge is 0.0617 e. The minimum atomic E-state index is 0.715. The summed E-state index contributed by atoms with van der Waals surface area (Å²) >= 11 is 0. The van der Waals surface area contributed by atoms with Crippen molar-refractivity contribution in [3.8, 4) is 0 Å². The van der Waals surface area contributed by atoms with Gasteiger partial charge in [-0.25, -0.2) is 0 Å². The second-order valence-corrected chi connectivity index (χ2v) is 6.92. The highest BCUT2D eigenvalue weighted by Gasteiger charge is 2.35. The first-order valence-electron chi connectivity index (χ1n) is 8.01. The highest BCUT2D eigenvalue weighted by molar-refractivity contribution is 5.13. The lowest BCUT2D eigenvalue weighted by Gasteiger charge is -2.35. The van der Waals surface area contributed by atoms with E-state index in [1.807, 2.05) is 12.4 Å². The maximum absolute atomic E-state index is 4.64. The fraction of sp³-hybridized carbons (Fsp3) is 0.750. The number of aromatic nitrogens is 2. The third-order valence-electron chi connectivity index (χ3n) is 5.12. The molecule has 2 atom stereocenters. The zero-order chi connectivity index (χ0) is 13.5. The van der Waals surface area contributed by atoms with E-state index in [0.717, 1.165) is 18.4 Å². The van der Waals surface area contributed by atoms with Crippen molar-refractivity contribution in [3.05, 3.63) is 23.8 Å². The van der Waals surface area contributed by atoms with Crippen LogP contribution in [0, 0.1) is 5.92 Å². The normalized spacial score (nSPS) is 31.4. The molecule has 20 heavy (non-hydrogen) atoms. The van der Waals surface area contributed by atoms with E-state index < -0.39 is 0 Å². The van der Waals surface area contributed by atoms with Crippen LogP contribution in [0.25, 0.3) is 0 Å². The van der Waals surface area contributed by atoms with Gasteiger partial charge in [0.25, 0.3) is 0 Å². The van der Waals surface area contributed by atoms with Crippen LogP contribution in [0.5, 0.6) is 0 Å². The van der Waals surface area contributed by atoms with E-state index in [9.17, 15) is 0 Å². The van der Waals surface area contributed by atoms with Crippen molar-refractivity contribution in [1.29, 1.82) is 0 Å². The van der Waals surface area contributed by atoms with Gasteiger partial charge < -0.3 is 4.90 Å². The molecule has 1 saturated carbocycles. The van der Waals surface area contributed by atoms with Gasteiger partial charge in [-0.2, -0.15) is 0 Å². The summed E-state index contributed by atoms with van der Waals surface area (Å²) in [6.07, 6.45) is 9.09. The van der Waals surface area contributed by atoms with E-state index in [0.29, 0.717) is 5.92 Å². The van der Waals surface area contributed by atoms with Gasteiger partial charge in [0.2, 0.25) is 0 Å². The third-order valence-corrected chi connectivity index (χ3v) is 5.12. The molecule has 4 nitrogen and oxygen atoms in total. The molecule has 2 saturated heterocycles. The molecular weight excluding hydrogens is 248 g/mol. The Kier molecular flexibility index (Phi) is 3.23. The third kappa shape index (κ3) is 2.59. The standard InChI is InChI=1S/C16H24N4/c1-19-4-5-20-10-12(7-15(20)11-19)6-14-8-18-16(9-17-14)13-2-3-13/h8-9,12-13,15H,2-7,10-11H2,1H3/t12-,15?/m1/s1. The molecule has 0 radical (unpaired) electrons. The Balaban J connectivity index is 1.37. The summed E-state index contributed by atoms with van der Waals surface area (Å²) in [6, 6.07) is 0.775. The van der Waals surface area contributed by atoms with E-state index in [1.54, 1.807) is 0 Å². The first kappa shape index (κ1) is 12.7. The number of piperazine rings is 1. The second-order valence-electron chi connectivity index (χ2n) is 6.92. The summed E-state index contributed by atoms with van der Waals surface area (Å²) in [6.45, 7) is 4.95. The van der Waals surface area contributed by atoms with Crippen molar-refractivity contribution >= 4 is 0 Å². The van der Waals surface area contributed by atoms with Gasteiger partial charge in [0, 0.05) is 50.5 Å². The molecule has 0 spiro atoms. The second kappa shape index (κ2) is 5.08. The number of likely N-dealkylation sites (N-methyl/N-ethyl adjacent to an activating group) is 1. The Morgan fingerprint density at radius 1 is 1.15 bits per heavy atom. The SMILES string of the molecule is CN1CCN2C[C@H](Cc3cnc(C4CC4)cn3)CC2C1. The fourth-order valence-corrected chi connectivity index (χ4v) is 3.81. The number of fused-ring (bicyclic) bond motifs is 1. The summed E-state index contributed by atoms with van der Waals surface area (Å²) in [7, 11) is 2.24. The molecule has 1 aromatic rings. The van der Waals surface area contributed by atoms with Crippen LogP contribution in [0.1, 0.15) is 36.6 Å². The van der Waals surface area contributed by atoms with Gasteiger partial charge in [0.15, 0.2) is 0 Å². The number of hydrogen-bond acceptors (Lipinski definition) is 4. The summed E-state index contributed by atoms with van der Waals surface area (Å²) in [5.41, 5.74) is 2.40. The van der Waals surface area contributed by atoms with Gasteiger partial charge in [-0.15, -0.1) is 0 Å². The topological polar surface area (TPSA) is 32.3 Å². The molecule has 3 heterocycles. The Labute approximate surface area is 121 Å². The molecule has 3 aliphatic rings. The van der Waals surface area contributed by atoms with Crippen molar-refractivity contribution in [2.75, 3.05) is 33.2 Å². The largest absolute Gasteiger partial charge is 0.304 e. The van der Waals surface area contributed by atoms with Crippen LogP contribution in [0.4, 0.5) is 0 Å². The summed E-state index contributed by atoms with van der Waals surface area (Å²) in [5.74, 6) is 1.49. The summed E-state index contributed by atoms with van der Waals surface area (Å²) < 4.78 is 0. The molecule has 2 aliphatic heterocycles. The van der Waals surface area contributed by atoms with Crippen LogP contribution in [0.15, 0.2) is 12.4 Å². The van der Waals surface area contributed by atoms with Gasteiger partial charge in [-0.05, 0) is 38.6 Å². The highest BCUT2D eigenvalue weighted by Crippen LogP contribution is 2.38. The van der Waals surface area contributed by atoms with Crippen LogP contribution in [-0.4, -0.2) is 59.0 Å². The van der Waals surface area contributed by atoms with E-state index in [-0.39, 0.29) is 0 Å². The average Bonchev–Trinajstić information content (AvgIpc) is 3.21. The quantitative estimate of drug-likeness (QED) is 0.835. The molecule has 4 rings (SSSR count). The van der Waals surface area contributed by atoms with Gasteiger partial charge >= 0.3 is 0 Å². The zero-order valence-electron chi connectivity index (χ0n) is 12.3. The molecule has 108 valence electrons. The van der Waals surface area contributed by atoms with Crippen LogP contribution >= 0.6 is 0 Å². The number of hydrogen-bond donors (Lipinski definition) is 0. The molecular formula is C16H24N4. The van der Waals surface area contributed by atoms with Crippen LogP contribution in [0.2, 0.25) is 0 Å². The lowest BCUT2D eigenvalue weighted by molar-refractivity contribution is 0.124. The van der Waals surface area contributed by atoms with Gasteiger partial charge in [-0.3, -0.25) is 14.9 Å². The Hall–Kier alpha value is -1.00. The van der Waals surface area contributed by atoms with Crippen molar-refractivity contribution < 1.29 is 0 Å². The monoisotopic (exact) mass is 272 g/mol. The Morgan fingerprint density at radius 3 is 2.80 bits per heavy atom. The van der Waals surface area contributed by atoms with Crippen LogP contribution in [-0.2, 0) is 6.42 Å². The van der Waals surface area contributed by atoms with Crippen molar-refractivity contribution in [2.45, 2.75) is 37.6 Å². The predicted molar refractivity (Wildman–Crippen MR) is 78.7 cm³/mol. The van der Waals surface area contributed by atoms with Gasteiger partial charge in [0.1, 0.15) is 0 Å². The number of nitrogens with zero attached hydrogens (tertiary/aromatic N) is 4. The maximum atomic E-state index is 4.64. The van der Waals surface area contributed by atoms with E-state index in [1.165, 1.54) is 56.8 Å². The lowest BCUT2D eigenvalue weighted by Crippen LogP contribution is -2.48. The number of rotatable bonds is 3. The van der Waals surface area contributed by atoms with E-state index in [2.05, 4.69) is 26.8 Å². The fourth-order valence-electron chi connectivity index (χ4n) is 3.81. The zero-order valence-corrected chi connectivity index (χ0v) is 12.3. The average molecular weight is 272 g/mol. The Bertz CT molecular complexity index is 468. The molecule has 0 N–H and O–H groups in total. The maximum Gasteiger partial charge on any atom is 0.0617 e. The molecule has 1 unspecified atom stereocenters. The first-order chi connectivity index (χ1) is 9.78. The molecule has 1 aromatic heterocycles. The van der Waals surface area contributed by atoms with Crippen LogP contribution in [0.3, 0.4) is 0 Å². The molecule has 4 heteroatoms. The summed E-state index contributed by atoms with van der Waals surface area (Å²) in [5, 5.41) is 0. The van der Waals surface area contributed by atoms with Crippen LogP contribution < -0.4 is 0 Å². The predicted octanol–water partition coefficient (Wildman–Crippen LogP) is 1.53. The molecule has 3 fully saturated rings. The molecule has 1 aliphatic carbocycles. The molecule has 0 bridgehead atoms. The van der Waals surface area contributed by atoms with E-state index in [4.69, 9.17) is 0 Å². The van der Waals surface area contributed by atoms with E-state index >= 15 is 0 Å². The molecule has 0 amide bonds. The summed E-state index contributed by atoms with van der Waals surface area (Å²) in [4.78, 5) is 14.4. The lowest BCUT2D eigenvalue weighted by atomic mass is 10.00.